The topological polar surface area (TPSA) is 46.9 Å². The molecule has 0 aliphatic carbocycles. The van der Waals surface area contributed by atoms with Gasteiger partial charge in [0, 0.05) is 7.05 Å². The van der Waals surface area contributed by atoms with E-state index >= 15 is 0 Å². The fourth-order valence-corrected chi connectivity index (χ4v) is 2.46. The number of aromatic nitrogens is 2. The quantitative estimate of drug-likeness (QED) is 0.917. The first-order chi connectivity index (χ1) is 10.6. The Labute approximate surface area is 136 Å². The summed E-state index contributed by atoms with van der Waals surface area (Å²) in [5.74, 6) is -0.423. The van der Waals surface area contributed by atoms with Crippen molar-refractivity contribution in [3.63, 3.8) is 0 Å². The molecule has 1 aromatic carbocycles. The lowest BCUT2D eigenvalue weighted by Crippen LogP contribution is -2.27. The number of nitrogens with zero attached hydrogens (tertiary/aromatic N) is 2. The molecule has 4 nitrogen and oxygen atoms in total. The number of amides is 1. The molecule has 23 heavy (non-hydrogen) atoms. The van der Waals surface area contributed by atoms with Gasteiger partial charge in [-0.3, -0.25) is 9.48 Å². The van der Waals surface area contributed by atoms with Gasteiger partial charge in [-0.05, 0) is 31.5 Å². The largest absolute Gasteiger partial charge is 0.416 e. The maximum atomic E-state index is 12.5. The van der Waals surface area contributed by atoms with Gasteiger partial charge < -0.3 is 5.32 Å². The Bertz CT molecular complexity index is 723. The van der Waals surface area contributed by atoms with Crippen LogP contribution >= 0.6 is 11.6 Å². The second-order valence-electron chi connectivity index (χ2n) is 5.19. The first-order valence-corrected chi connectivity index (χ1v) is 7.16. The minimum Gasteiger partial charge on any atom is -0.345 e. The highest BCUT2D eigenvalue weighted by molar-refractivity contribution is 6.33. The van der Waals surface area contributed by atoms with Crippen LogP contribution in [-0.4, -0.2) is 15.7 Å². The van der Waals surface area contributed by atoms with Crippen molar-refractivity contribution in [2.75, 3.05) is 0 Å². The molecule has 124 valence electrons. The SMILES string of the molecule is Cc1nn(C)c(Cl)c1C(=O)NC(C)c1ccc(C(F)(F)F)cc1. The van der Waals surface area contributed by atoms with Gasteiger partial charge in [0.05, 0.1) is 22.9 Å². The zero-order chi connectivity index (χ0) is 17.4. The van der Waals surface area contributed by atoms with Gasteiger partial charge in [-0.15, -0.1) is 0 Å². The van der Waals surface area contributed by atoms with Crippen LogP contribution in [0.3, 0.4) is 0 Å². The average molecular weight is 346 g/mol. The van der Waals surface area contributed by atoms with Crippen LogP contribution in [0, 0.1) is 6.92 Å². The highest BCUT2D eigenvalue weighted by atomic mass is 35.5. The first-order valence-electron chi connectivity index (χ1n) is 6.78. The molecule has 0 fully saturated rings. The van der Waals surface area contributed by atoms with Crippen LogP contribution in [0.25, 0.3) is 0 Å². The Balaban J connectivity index is 2.15. The summed E-state index contributed by atoms with van der Waals surface area (Å²) in [6.07, 6.45) is -4.38. The van der Waals surface area contributed by atoms with E-state index in [2.05, 4.69) is 10.4 Å². The minimum atomic E-state index is -4.38. The van der Waals surface area contributed by atoms with Crippen LogP contribution in [0.5, 0.6) is 0 Å². The van der Waals surface area contributed by atoms with Crippen molar-refractivity contribution in [2.24, 2.45) is 7.05 Å². The molecule has 1 aromatic heterocycles. The molecule has 1 unspecified atom stereocenters. The van der Waals surface area contributed by atoms with E-state index in [1.54, 1.807) is 20.9 Å². The molecule has 0 bridgehead atoms. The van der Waals surface area contributed by atoms with Gasteiger partial charge in [-0.1, -0.05) is 23.7 Å². The molecule has 0 spiro atoms. The second-order valence-corrected chi connectivity index (χ2v) is 5.55. The van der Waals surface area contributed by atoms with E-state index in [4.69, 9.17) is 11.6 Å². The Kier molecular flexibility index (Phi) is 4.70. The van der Waals surface area contributed by atoms with Crippen molar-refractivity contribution in [1.29, 1.82) is 0 Å². The minimum absolute atomic E-state index is 0.208. The number of carbonyl (C=O) groups is 1. The summed E-state index contributed by atoms with van der Waals surface area (Å²) in [6, 6.07) is 4.18. The number of alkyl halides is 3. The summed E-state index contributed by atoms with van der Waals surface area (Å²) >= 11 is 6.02. The van der Waals surface area contributed by atoms with E-state index in [-0.39, 0.29) is 10.7 Å². The third-order valence-electron chi connectivity index (χ3n) is 3.46. The maximum absolute atomic E-state index is 12.5. The highest BCUT2D eigenvalue weighted by Gasteiger charge is 2.30. The number of halogens is 4. The zero-order valence-corrected chi connectivity index (χ0v) is 13.5. The Morgan fingerprint density at radius 3 is 2.30 bits per heavy atom. The third-order valence-corrected chi connectivity index (χ3v) is 3.90. The summed E-state index contributed by atoms with van der Waals surface area (Å²) < 4.78 is 39.0. The molecule has 0 aliphatic rings. The smallest absolute Gasteiger partial charge is 0.345 e. The number of hydrogen-bond acceptors (Lipinski definition) is 2. The van der Waals surface area contributed by atoms with Crippen LogP contribution in [0.1, 0.15) is 40.1 Å². The number of rotatable bonds is 3. The van der Waals surface area contributed by atoms with E-state index in [1.165, 1.54) is 16.8 Å². The van der Waals surface area contributed by atoms with E-state index in [1.807, 2.05) is 0 Å². The van der Waals surface area contributed by atoms with Gasteiger partial charge in [0.1, 0.15) is 5.15 Å². The predicted octanol–water partition coefficient (Wildman–Crippen LogP) is 3.89. The van der Waals surface area contributed by atoms with Crippen LogP contribution in [-0.2, 0) is 13.2 Å². The van der Waals surface area contributed by atoms with E-state index in [9.17, 15) is 18.0 Å². The van der Waals surface area contributed by atoms with Crippen LogP contribution in [0.2, 0.25) is 5.15 Å². The van der Waals surface area contributed by atoms with Gasteiger partial charge >= 0.3 is 6.18 Å². The van der Waals surface area contributed by atoms with E-state index in [0.29, 0.717) is 11.3 Å². The molecular formula is C15H15ClF3N3O. The second kappa shape index (κ2) is 6.23. The highest BCUT2D eigenvalue weighted by Crippen LogP contribution is 2.30. The Morgan fingerprint density at radius 2 is 1.87 bits per heavy atom. The molecule has 2 aromatic rings. The molecule has 0 aliphatic heterocycles. The summed E-state index contributed by atoms with van der Waals surface area (Å²) in [7, 11) is 1.62. The predicted molar refractivity (Wildman–Crippen MR) is 80.3 cm³/mol. The summed E-state index contributed by atoms with van der Waals surface area (Å²) in [4.78, 5) is 12.3. The zero-order valence-electron chi connectivity index (χ0n) is 12.7. The summed E-state index contributed by atoms with van der Waals surface area (Å²) in [6.45, 7) is 3.34. The van der Waals surface area contributed by atoms with Gasteiger partial charge in [0.25, 0.3) is 5.91 Å². The fourth-order valence-electron chi connectivity index (χ4n) is 2.20. The van der Waals surface area contributed by atoms with Gasteiger partial charge in [-0.25, -0.2) is 0 Å². The van der Waals surface area contributed by atoms with Crippen molar-refractivity contribution in [1.82, 2.24) is 15.1 Å². The molecular weight excluding hydrogens is 331 g/mol. The number of hydrogen-bond donors (Lipinski definition) is 1. The molecule has 0 saturated heterocycles. The van der Waals surface area contributed by atoms with Gasteiger partial charge in [-0.2, -0.15) is 18.3 Å². The molecule has 1 N–H and O–H groups in total. The average Bonchev–Trinajstić information content (AvgIpc) is 2.71. The van der Waals surface area contributed by atoms with E-state index < -0.39 is 23.7 Å². The molecule has 1 atom stereocenters. The monoisotopic (exact) mass is 345 g/mol. The molecule has 8 heteroatoms. The lowest BCUT2D eigenvalue weighted by molar-refractivity contribution is -0.137. The van der Waals surface area contributed by atoms with Gasteiger partial charge in [0.2, 0.25) is 0 Å². The third kappa shape index (κ3) is 3.67. The van der Waals surface area contributed by atoms with Crippen molar-refractivity contribution >= 4 is 17.5 Å². The Morgan fingerprint density at radius 1 is 1.30 bits per heavy atom. The maximum Gasteiger partial charge on any atom is 0.416 e. The fraction of sp³-hybridized carbons (Fsp3) is 0.333. The number of benzene rings is 1. The van der Waals surface area contributed by atoms with Crippen LogP contribution in [0.15, 0.2) is 24.3 Å². The summed E-state index contributed by atoms with van der Waals surface area (Å²) in [5.41, 5.74) is 0.567. The molecule has 0 radical (unpaired) electrons. The van der Waals surface area contributed by atoms with E-state index in [0.717, 1.165) is 12.1 Å². The van der Waals surface area contributed by atoms with Crippen molar-refractivity contribution in [2.45, 2.75) is 26.1 Å². The van der Waals surface area contributed by atoms with Crippen LogP contribution in [0.4, 0.5) is 13.2 Å². The molecule has 0 saturated carbocycles. The standard InChI is InChI=1S/C15H15ClF3N3O/c1-8(10-4-6-11(7-5-10)15(17,18)19)20-14(23)12-9(2)21-22(3)13(12)16/h4-8H,1-3H3,(H,20,23). The lowest BCUT2D eigenvalue weighted by atomic mass is 10.1. The Hall–Kier alpha value is -2.02. The molecule has 1 heterocycles. The first kappa shape index (κ1) is 17.3. The number of nitrogens with one attached hydrogen (secondary N) is 1. The number of aryl methyl sites for hydroxylation is 2. The number of carbonyl (C=O) groups excluding carboxylic acids is 1. The lowest BCUT2D eigenvalue weighted by Gasteiger charge is -2.15. The molecule has 2 rings (SSSR count). The summed E-state index contributed by atoms with van der Waals surface area (Å²) in [5, 5.41) is 6.96. The van der Waals surface area contributed by atoms with Crippen LogP contribution < -0.4 is 5.32 Å². The van der Waals surface area contributed by atoms with Gasteiger partial charge in [0.15, 0.2) is 0 Å². The van der Waals surface area contributed by atoms with Crippen molar-refractivity contribution < 1.29 is 18.0 Å². The van der Waals surface area contributed by atoms with Crippen molar-refractivity contribution in [3.8, 4) is 0 Å². The normalized spacial score (nSPS) is 13.0. The molecule has 1 amide bonds. The van der Waals surface area contributed by atoms with Crippen molar-refractivity contribution in [3.05, 3.63) is 51.8 Å².